The van der Waals surface area contributed by atoms with E-state index in [-0.39, 0.29) is 12.3 Å². The first kappa shape index (κ1) is 17.6. The number of likely N-dealkylation sites (tertiary alicyclic amines) is 1. The lowest BCUT2D eigenvalue weighted by Gasteiger charge is -2.39. The number of para-hydroxylation sites is 1. The van der Waals surface area contributed by atoms with Gasteiger partial charge < -0.3 is 10.0 Å². The first-order valence-electron chi connectivity index (χ1n) is 8.69. The predicted molar refractivity (Wildman–Crippen MR) is 96.3 cm³/mol. The van der Waals surface area contributed by atoms with Gasteiger partial charge in [0.2, 0.25) is 5.91 Å². The van der Waals surface area contributed by atoms with E-state index < -0.39 is 5.60 Å². The SMILES string of the molecule is CN(C)C(=O)CC1(O)CCCN(Cc2cnn(-c3ccccc3)c2)C1. The Morgan fingerprint density at radius 3 is 2.80 bits per heavy atom. The number of hydrogen-bond donors (Lipinski definition) is 1. The average molecular weight is 342 g/mol. The summed E-state index contributed by atoms with van der Waals surface area (Å²) in [5.41, 5.74) is 1.20. The molecule has 1 amide bonds. The number of rotatable bonds is 5. The van der Waals surface area contributed by atoms with Gasteiger partial charge in [-0.25, -0.2) is 4.68 Å². The quantitative estimate of drug-likeness (QED) is 0.898. The number of piperidine rings is 1. The molecule has 1 saturated heterocycles. The highest BCUT2D eigenvalue weighted by atomic mass is 16.3. The molecule has 0 saturated carbocycles. The highest BCUT2D eigenvalue weighted by molar-refractivity contribution is 5.76. The third-order valence-electron chi connectivity index (χ3n) is 4.68. The first-order valence-corrected chi connectivity index (χ1v) is 8.69. The van der Waals surface area contributed by atoms with Crippen molar-refractivity contribution in [2.24, 2.45) is 0 Å². The molecule has 6 heteroatoms. The zero-order valence-electron chi connectivity index (χ0n) is 14.9. The molecule has 1 aromatic heterocycles. The minimum atomic E-state index is -0.935. The Hall–Kier alpha value is -2.18. The molecular weight excluding hydrogens is 316 g/mol. The van der Waals surface area contributed by atoms with Crippen LogP contribution in [0.15, 0.2) is 42.7 Å². The van der Waals surface area contributed by atoms with Gasteiger partial charge in [-0.3, -0.25) is 9.69 Å². The number of hydrogen-bond acceptors (Lipinski definition) is 4. The van der Waals surface area contributed by atoms with Gasteiger partial charge in [0.25, 0.3) is 0 Å². The van der Waals surface area contributed by atoms with Gasteiger partial charge >= 0.3 is 0 Å². The summed E-state index contributed by atoms with van der Waals surface area (Å²) >= 11 is 0. The van der Waals surface area contributed by atoms with E-state index >= 15 is 0 Å². The summed E-state index contributed by atoms with van der Waals surface area (Å²) in [6.45, 7) is 2.17. The number of amides is 1. The number of nitrogens with zero attached hydrogens (tertiary/aromatic N) is 4. The lowest BCUT2D eigenvalue weighted by atomic mass is 9.89. The van der Waals surface area contributed by atoms with E-state index in [9.17, 15) is 9.90 Å². The van der Waals surface area contributed by atoms with Gasteiger partial charge in [-0.1, -0.05) is 18.2 Å². The number of carbonyl (C=O) groups excluding carboxylic acids is 1. The van der Waals surface area contributed by atoms with Crippen LogP contribution in [-0.4, -0.2) is 63.4 Å². The smallest absolute Gasteiger partial charge is 0.224 e. The molecule has 25 heavy (non-hydrogen) atoms. The molecule has 1 atom stereocenters. The molecule has 0 bridgehead atoms. The molecule has 1 N–H and O–H groups in total. The van der Waals surface area contributed by atoms with Crippen molar-refractivity contribution in [3.8, 4) is 5.69 Å². The molecule has 1 aromatic carbocycles. The fraction of sp³-hybridized carbons (Fsp3) is 0.474. The van der Waals surface area contributed by atoms with E-state index in [2.05, 4.69) is 10.00 Å². The molecule has 1 unspecified atom stereocenters. The van der Waals surface area contributed by atoms with Gasteiger partial charge in [-0.15, -0.1) is 0 Å². The molecule has 1 aliphatic heterocycles. The maximum atomic E-state index is 12.0. The Kier molecular flexibility index (Phi) is 5.20. The van der Waals surface area contributed by atoms with E-state index in [0.717, 1.165) is 30.8 Å². The van der Waals surface area contributed by atoms with Crippen molar-refractivity contribution in [1.82, 2.24) is 19.6 Å². The Balaban J connectivity index is 1.63. The van der Waals surface area contributed by atoms with Gasteiger partial charge in [0.1, 0.15) is 0 Å². The average Bonchev–Trinajstić information content (AvgIpc) is 3.03. The second-order valence-corrected chi connectivity index (χ2v) is 7.13. The molecule has 0 radical (unpaired) electrons. The van der Waals surface area contributed by atoms with Crippen LogP contribution in [0.3, 0.4) is 0 Å². The zero-order valence-corrected chi connectivity index (χ0v) is 14.9. The summed E-state index contributed by atoms with van der Waals surface area (Å²) in [6, 6.07) is 10.00. The van der Waals surface area contributed by atoms with Crippen LogP contribution in [0.2, 0.25) is 0 Å². The molecule has 0 spiro atoms. The fourth-order valence-corrected chi connectivity index (χ4v) is 3.35. The first-order chi connectivity index (χ1) is 12.0. The molecule has 1 fully saturated rings. The lowest BCUT2D eigenvalue weighted by molar-refractivity contribution is -0.136. The van der Waals surface area contributed by atoms with Crippen LogP contribution in [0, 0.1) is 0 Å². The van der Waals surface area contributed by atoms with Crippen LogP contribution in [0.25, 0.3) is 5.69 Å². The van der Waals surface area contributed by atoms with Crippen LogP contribution in [0.4, 0.5) is 0 Å². The summed E-state index contributed by atoms with van der Waals surface area (Å²) in [5.74, 6) is -0.0266. The summed E-state index contributed by atoms with van der Waals surface area (Å²) in [4.78, 5) is 15.7. The van der Waals surface area contributed by atoms with Gasteiger partial charge in [0, 0.05) is 38.9 Å². The zero-order chi connectivity index (χ0) is 17.9. The molecule has 0 aliphatic carbocycles. The van der Waals surface area contributed by atoms with Gasteiger partial charge in [0.05, 0.1) is 23.9 Å². The van der Waals surface area contributed by atoms with E-state index in [4.69, 9.17) is 0 Å². The number of benzene rings is 1. The summed E-state index contributed by atoms with van der Waals surface area (Å²) in [7, 11) is 3.45. The van der Waals surface area contributed by atoms with Crippen molar-refractivity contribution in [2.45, 2.75) is 31.4 Å². The fourth-order valence-electron chi connectivity index (χ4n) is 3.35. The Morgan fingerprint density at radius 1 is 1.32 bits per heavy atom. The Morgan fingerprint density at radius 2 is 2.08 bits per heavy atom. The highest BCUT2D eigenvalue weighted by Crippen LogP contribution is 2.26. The van der Waals surface area contributed by atoms with Crippen LogP contribution >= 0.6 is 0 Å². The monoisotopic (exact) mass is 342 g/mol. The standard InChI is InChI=1S/C19H26N4O2/c1-21(2)18(24)11-19(25)9-6-10-22(15-19)13-16-12-20-23(14-16)17-7-4-3-5-8-17/h3-5,7-8,12,14,25H,6,9-11,13,15H2,1-2H3. The van der Waals surface area contributed by atoms with E-state index in [1.165, 1.54) is 0 Å². The number of β-amino-alcohol motifs (C(OH)–C–C–N with tert-alkyl or cyclic N) is 1. The van der Waals surface area contributed by atoms with Gasteiger partial charge in [-0.05, 0) is 31.5 Å². The van der Waals surface area contributed by atoms with Crippen molar-refractivity contribution >= 4 is 5.91 Å². The third kappa shape index (κ3) is 4.46. The molecular formula is C19H26N4O2. The topological polar surface area (TPSA) is 61.6 Å². The summed E-state index contributed by atoms with van der Waals surface area (Å²) in [6.07, 6.45) is 5.63. The maximum Gasteiger partial charge on any atom is 0.224 e. The Bertz CT molecular complexity index is 713. The summed E-state index contributed by atoms with van der Waals surface area (Å²) in [5, 5.41) is 15.2. The van der Waals surface area contributed by atoms with Crippen LogP contribution in [0.5, 0.6) is 0 Å². The molecule has 6 nitrogen and oxygen atoms in total. The van der Waals surface area contributed by atoms with Gasteiger partial charge in [-0.2, -0.15) is 5.10 Å². The summed E-state index contributed by atoms with van der Waals surface area (Å²) < 4.78 is 1.86. The van der Waals surface area contributed by atoms with Crippen LogP contribution in [-0.2, 0) is 11.3 Å². The third-order valence-corrected chi connectivity index (χ3v) is 4.68. The predicted octanol–water partition coefficient (Wildman–Crippen LogP) is 1.68. The van der Waals surface area contributed by atoms with Crippen molar-refractivity contribution in [2.75, 3.05) is 27.2 Å². The number of aliphatic hydroxyl groups is 1. The largest absolute Gasteiger partial charge is 0.388 e. The maximum absolute atomic E-state index is 12.0. The normalized spacial score (nSPS) is 21.2. The van der Waals surface area contributed by atoms with Gasteiger partial charge in [0.15, 0.2) is 0 Å². The molecule has 2 aromatic rings. The van der Waals surface area contributed by atoms with E-state index in [0.29, 0.717) is 13.0 Å². The van der Waals surface area contributed by atoms with Crippen molar-refractivity contribution in [3.63, 3.8) is 0 Å². The molecule has 1 aliphatic rings. The van der Waals surface area contributed by atoms with E-state index in [1.54, 1.807) is 19.0 Å². The highest BCUT2D eigenvalue weighted by Gasteiger charge is 2.35. The second-order valence-electron chi connectivity index (χ2n) is 7.13. The van der Waals surface area contributed by atoms with Crippen LogP contribution in [0.1, 0.15) is 24.8 Å². The van der Waals surface area contributed by atoms with Crippen molar-refractivity contribution < 1.29 is 9.90 Å². The molecule has 2 heterocycles. The Labute approximate surface area is 148 Å². The number of aromatic nitrogens is 2. The van der Waals surface area contributed by atoms with Crippen LogP contribution < -0.4 is 0 Å². The minimum Gasteiger partial charge on any atom is -0.388 e. The van der Waals surface area contributed by atoms with Crippen molar-refractivity contribution in [3.05, 3.63) is 48.3 Å². The van der Waals surface area contributed by atoms with Crippen molar-refractivity contribution in [1.29, 1.82) is 0 Å². The second kappa shape index (κ2) is 7.37. The number of carbonyl (C=O) groups is 1. The minimum absolute atomic E-state index is 0.0266. The van der Waals surface area contributed by atoms with E-state index in [1.807, 2.05) is 47.4 Å². The molecule has 134 valence electrons. The lowest BCUT2D eigenvalue weighted by Crippen LogP contribution is -2.50. The molecule has 3 rings (SSSR count).